The first-order valence-corrected chi connectivity index (χ1v) is 9.56. The van der Waals surface area contributed by atoms with Gasteiger partial charge in [-0.3, -0.25) is 0 Å². The van der Waals surface area contributed by atoms with Gasteiger partial charge >= 0.3 is 0 Å². The van der Waals surface area contributed by atoms with Gasteiger partial charge in [0, 0.05) is 13.1 Å². The van der Waals surface area contributed by atoms with Crippen LogP contribution in [0.1, 0.15) is 5.82 Å². The van der Waals surface area contributed by atoms with Crippen LogP contribution >= 0.6 is 23.2 Å². The first-order chi connectivity index (χ1) is 11.5. The molecule has 24 heavy (non-hydrogen) atoms. The molecule has 0 fully saturated rings. The maximum atomic E-state index is 12.9. The van der Waals surface area contributed by atoms with Crippen molar-refractivity contribution in [1.29, 1.82) is 0 Å². The summed E-state index contributed by atoms with van der Waals surface area (Å²) in [5.74, 6) is 0.742. The van der Waals surface area contributed by atoms with E-state index in [9.17, 15) is 8.42 Å². The summed E-state index contributed by atoms with van der Waals surface area (Å²) in [5.41, 5.74) is 1.90. The molecule has 0 unspecified atom stereocenters. The van der Waals surface area contributed by atoms with Gasteiger partial charge in [0.15, 0.2) is 0 Å². The molecule has 5 nitrogen and oxygen atoms in total. The lowest BCUT2D eigenvalue weighted by molar-refractivity contribution is 0.339. The largest absolute Gasteiger partial charge is 0.326 e. The maximum absolute atomic E-state index is 12.9. The number of halogens is 2. The van der Waals surface area contributed by atoms with E-state index in [0.29, 0.717) is 18.1 Å². The number of aromatic nitrogens is 2. The number of sulfonamides is 1. The maximum Gasteiger partial charge on any atom is 0.243 e. The molecule has 0 radical (unpaired) electrons. The minimum absolute atomic E-state index is 0.140. The number of imidazole rings is 1. The van der Waals surface area contributed by atoms with Crippen LogP contribution in [0.4, 0.5) is 0 Å². The molecule has 0 saturated carbocycles. The number of hydrogen-bond acceptors (Lipinski definition) is 3. The van der Waals surface area contributed by atoms with Gasteiger partial charge in [-0.05, 0) is 30.3 Å². The van der Waals surface area contributed by atoms with Crippen LogP contribution in [0, 0.1) is 0 Å². The van der Waals surface area contributed by atoms with Crippen molar-refractivity contribution >= 4 is 44.3 Å². The summed E-state index contributed by atoms with van der Waals surface area (Å²) < 4.78 is 29.2. The Morgan fingerprint density at radius 3 is 2.58 bits per heavy atom. The molecule has 0 N–H and O–H groups in total. The summed E-state index contributed by atoms with van der Waals surface area (Å²) in [6, 6.07) is 12.2. The number of fused-ring (bicyclic) bond motifs is 3. The molecular weight excluding hydrogens is 369 g/mol. The van der Waals surface area contributed by atoms with Crippen molar-refractivity contribution in [3.05, 3.63) is 58.3 Å². The minimum atomic E-state index is -3.64. The number of rotatable bonds is 2. The van der Waals surface area contributed by atoms with Crippen molar-refractivity contribution in [1.82, 2.24) is 13.9 Å². The van der Waals surface area contributed by atoms with Crippen LogP contribution < -0.4 is 0 Å². The molecule has 0 amide bonds. The predicted octanol–water partition coefficient (Wildman–Crippen LogP) is 3.55. The lowest BCUT2D eigenvalue weighted by Gasteiger charge is -2.27. The normalized spacial score (nSPS) is 15.6. The monoisotopic (exact) mass is 381 g/mol. The summed E-state index contributed by atoms with van der Waals surface area (Å²) in [4.78, 5) is 4.69. The molecule has 2 aromatic carbocycles. The van der Waals surface area contributed by atoms with Crippen LogP contribution in [0.25, 0.3) is 11.0 Å². The van der Waals surface area contributed by atoms with Gasteiger partial charge in [0.05, 0.1) is 32.5 Å². The number of nitrogens with zero attached hydrogens (tertiary/aromatic N) is 3. The average molecular weight is 382 g/mol. The van der Waals surface area contributed by atoms with E-state index in [1.54, 1.807) is 0 Å². The summed E-state index contributed by atoms with van der Waals surface area (Å²) >= 11 is 11.8. The van der Waals surface area contributed by atoms with Crippen molar-refractivity contribution in [3.63, 3.8) is 0 Å². The molecule has 0 atom stereocenters. The molecule has 0 bridgehead atoms. The Labute approximate surface area is 149 Å². The summed E-state index contributed by atoms with van der Waals surface area (Å²) in [5, 5.41) is 0.554. The number of benzene rings is 2. The van der Waals surface area contributed by atoms with Crippen LogP contribution in [0.3, 0.4) is 0 Å². The smallest absolute Gasteiger partial charge is 0.243 e. The molecule has 0 spiro atoms. The molecule has 8 heteroatoms. The van der Waals surface area contributed by atoms with Gasteiger partial charge in [-0.1, -0.05) is 35.3 Å². The van der Waals surface area contributed by atoms with Gasteiger partial charge in [0.2, 0.25) is 10.0 Å². The van der Waals surface area contributed by atoms with E-state index < -0.39 is 10.0 Å². The fourth-order valence-corrected chi connectivity index (χ4v) is 4.71. The van der Waals surface area contributed by atoms with E-state index in [1.165, 1.54) is 22.5 Å². The van der Waals surface area contributed by atoms with Gasteiger partial charge in [-0.25, -0.2) is 13.4 Å². The molecule has 0 saturated heterocycles. The molecule has 1 aromatic heterocycles. The molecule has 4 rings (SSSR count). The number of hydrogen-bond donors (Lipinski definition) is 0. The van der Waals surface area contributed by atoms with Crippen LogP contribution in [0.15, 0.2) is 47.4 Å². The lowest BCUT2D eigenvalue weighted by Crippen LogP contribution is -2.38. The third-order valence-corrected chi connectivity index (χ3v) is 6.73. The standard InChI is InChI=1S/C16H13Cl2N3O2S/c17-12-6-5-11(9-13(12)18)24(22,23)20-7-8-21-15-4-2-1-3-14(15)19-16(21)10-20/h1-6,9H,7-8,10H2. The third kappa shape index (κ3) is 2.50. The Balaban J connectivity index is 1.72. The predicted molar refractivity (Wildman–Crippen MR) is 93.8 cm³/mol. The summed E-state index contributed by atoms with van der Waals surface area (Å²) in [6.07, 6.45) is 0. The van der Waals surface area contributed by atoms with Crippen LogP contribution in [0.5, 0.6) is 0 Å². The lowest BCUT2D eigenvalue weighted by atomic mass is 10.3. The van der Waals surface area contributed by atoms with Crippen LogP contribution in [0.2, 0.25) is 10.0 Å². The second-order valence-electron chi connectivity index (χ2n) is 5.58. The van der Waals surface area contributed by atoms with E-state index in [0.717, 1.165) is 16.9 Å². The highest BCUT2D eigenvalue weighted by molar-refractivity contribution is 7.89. The van der Waals surface area contributed by atoms with Crippen molar-refractivity contribution < 1.29 is 8.42 Å². The van der Waals surface area contributed by atoms with Crippen LogP contribution in [-0.4, -0.2) is 28.8 Å². The zero-order valence-corrected chi connectivity index (χ0v) is 14.8. The highest BCUT2D eigenvalue weighted by atomic mass is 35.5. The van der Waals surface area contributed by atoms with Gasteiger partial charge in [-0.2, -0.15) is 4.31 Å². The fourth-order valence-electron chi connectivity index (χ4n) is 2.94. The second-order valence-corrected chi connectivity index (χ2v) is 8.34. The quantitative estimate of drug-likeness (QED) is 0.681. The Kier molecular flexibility index (Phi) is 3.80. The van der Waals surface area contributed by atoms with E-state index in [4.69, 9.17) is 23.2 Å². The topological polar surface area (TPSA) is 55.2 Å². The highest BCUT2D eigenvalue weighted by Crippen LogP contribution is 2.29. The first kappa shape index (κ1) is 15.9. The van der Waals surface area contributed by atoms with Gasteiger partial charge < -0.3 is 4.57 Å². The summed E-state index contributed by atoms with van der Waals surface area (Å²) in [6.45, 7) is 1.18. The fraction of sp³-hybridized carbons (Fsp3) is 0.188. The van der Waals surface area contributed by atoms with E-state index in [1.807, 2.05) is 24.3 Å². The number of para-hydroxylation sites is 2. The SMILES string of the molecule is O=S(=O)(c1ccc(Cl)c(Cl)c1)N1CCn2c(nc3ccccc32)C1. The zero-order valence-electron chi connectivity index (χ0n) is 12.5. The van der Waals surface area contributed by atoms with Gasteiger partial charge in [-0.15, -0.1) is 0 Å². The van der Waals surface area contributed by atoms with Gasteiger partial charge in [0.1, 0.15) is 5.82 Å². The highest BCUT2D eigenvalue weighted by Gasteiger charge is 2.30. The molecule has 2 heterocycles. The zero-order chi connectivity index (χ0) is 16.9. The molecular formula is C16H13Cl2N3O2S. The average Bonchev–Trinajstić information content (AvgIpc) is 2.95. The molecule has 0 aliphatic carbocycles. The minimum Gasteiger partial charge on any atom is -0.326 e. The first-order valence-electron chi connectivity index (χ1n) is 7.36. The van der Waals surface area contributed by atoms with Crippen LogP contribution in [-0.2, 0) is 23.1 Å². The van der Waals surface area contributed by atoms with Crippen molar-refractivity contribution in [2.75, 3.05) is 6.54 Å². The molecule has 1 aliphatic rings. The van der Waals surface area contributed by atoms with E-state index in [-0.39, 0.29) is 16.5 Å². The van der Waals surface area contributed by atoms with Gasteiger partial charge in [0.25, 0.3) is 0 Å². The summed E-state index contributed by atoms with van der Waals surface area (Å²) in [7, 11) is -3.64. The Bertz CT molecular complexity index is 1050. The molecule has 1 aliphatic heterocycles. The molecule has 3 aromatic rings. The Morgan fingerprint density at radius 1 is 1.00 bits per heavy atom. The third-order valence-electron chi connectivity index (χ3n) is 4.15. The van der Waals surface area contributed by atoms with E-state index >= 15 is 0 Å². The van der Waals surface area contributed by atoms with Crippen molar-refractivity contribution in [3.8, 4) is 0 Å². The Morgan fingerprint density at radius 2 is 1.79 bits per heavy atom. The second kappa shape index (κ2) is 5.74. The van der Waals surface area contributed by atoms with Crippen molar-refractivity contribution in [2.45, 2.75) is 18.0 Å². The van der Waals surface area contributed by atoms with E-state index in [2.05, 4.69) is 9.55 Å². The Hall–Kier alpha value is -1.60. The molecule has 124 valence electrons. The van der Waals surface area contributed by atoms with Crippen molar-refractivity contribution in [2.24, 2.45) is 0 Å².